The topological polar surface area (TPSA) is 27.3 Å². The monoisotopic (exact) mass is 291 g/mol. The third-order valence-corrected chi connectivity index (χ3v) is 4.78. The van der Waals surface area contributed by atoms with Crippen molar-refractivity contribution in [3.05, 3.63) is 65.5 Å². The molecule has 2 N–H and O–H groups in total. The molecule has 0 radical (unpaired) electrons. The first kappa shape index (κ1) is 13.3. The molecule has 3 nitrogen and oxygen atoms in total. The van der Waals surface area contributed by atoms with Crippen LogP contribution in [0.5, 0.6) is 0 Å². The number of nitrogens with one attached hydrogen (secondary N) is 2. The quantitative estimate of drug-likeness (QED) is 0.844. The van der Waals surface area contributed by atoms with Crippen LogP contribution >= 0.6 is 0 Å². The van der Waals surface area contributed by atoms with Crippen LogP contribution in [0.25, 0.3) is 0 Å². The van der Waals surface area contributed by atoms with E-state index in [2.05, 4.69) is 72.4 Å². The fourth-order valence-electron chi connectivity index (χ4n) is 3.48. The highest BCUT2D eigenvalue weighted by Gasteiger charge is 2.27. The van der Waals surface area contributed by atoms with Crippen molar-refractivity contribution in [2.45, 2.75) is 32.9 Å². The Hall–Kier alpha value is -2.42. The first-order valence-electron chi connectivity index (χ1n) is 7.91. The fourth-order valence-corrected chi connectivity index (χ4v) is 3.48. The Morgan fingerprint density at radius 2 is 1.95 bits per heavy atom. The lowest BCUT2D eigenvalue weighted by molar-refractivity contribution is 0.732. The second-order valence-corrected chi connectivity index (χ2v) is 6.15. The summed E-state index contributed by atoms with van der Waals surface area (Å²) in [6, 6.07) is 13.9. The number of fused-ring (bicyclic) bond motifs is 2. The van der Waals surface area contributed by atoms with Crippen LogP contribution in [0, 0.1) is 0 Å². The van der Waals surface area contributed by atoms with Crippen LogP contribution in [0.2, 0.25) is 0 Å². The molecule has 2 aromatic carbocycles. The summed E-state index contributed by atoms with van der Waals surface area (Å²) in [4.78, 5) is 2.47. The van der Waals surface area contributed by atoms with Crippen LogP contribution in [-0.2, 0) is 13.0 Å². The average molecular weight is 291 g/mol. The largest absolute Gasteiger partial charge is 0.360 e. The van der Waals surface area contributed by atoms with E-state index in [1.807, 2.05) is 0 Å². The highest BCUT2D eigenvalue weighted by atomic mass is 15.2. The van der Waals surface area contributed by atoms with Crippen LogP contribution in [0.15, 0.2) is 48.8 Å². The highest BCUT2D eigenvalue weighted by Crippen LogP contribution is 2.41. The van der Waals surface area contributed by atoms with E-state index in [0.717, 1.165) is 30.2 Å². The van der Waals surface area contributed by atoms with E-state index >= 15 is 0 Å². The lowest BCUT2D eigenvalue weighted by Crippen LogP contribution is -2.18. The molecule has 0 saturated carbocycles. The van der Waals surface area contributed by atoms with Crippen LogP contribution in [0.1, 0.15) is 36.6 Å². The van der Waals surface area contributed by atoms with Crippen molar-refractivity contribution in [1.82, 2.24) is 0 Å². The molecule has 0 aromatic heterocycles. The molecule has 0 fully saturated rings. The molecule has 0 aliphatic carbocycles. The van der Waals surface area contributed by atoms with Crippen molar-refractivity contribution in [3.63, 3.8) is 0 Å². The van der Waals surface area contributed by atoms with E-state index < -0.39 is 0 Å². The summed E-state index contributed by atoms with van der Waals surface area (Å²) in [5, 5.41) is 6.52. The Labute approximate surface area is 131 Å². The van der Waals surface area contributed by atoms with E-state index in [9.17, 15) is 0 Å². The Morgan fingerprint density at radius 3 is 2.77 bits per heavy atom. The molecule has 2 heterocycles. The summed E-state index contributed by atoms with van der Waals surface area (Å²) in [7, 11) is 0. The van der Waals surface area contributed by atoms with Crippen LogP contribution < -0.4 is 15.5 Å². The molecule has 0 bridgehead atoms. The number of aryl methyl sites for hydroxylation is 1. The molecule has 0 spiro atoms. The average Bonchev–Trinajstić information content (AvgIpc) is 3.05. The molecule has 112 valence electrons. The van der Waals surface area contributed by atoms with Gasteiger partial charge >= 0.3 is 0 Å². The zero-order chi connectivity index (χ0) is 15.3. The molecule has 1 atom stereocenters. The molecule has 2 aliphatic heterocycles. The van der Waals surface area contributed by atoms with Crippen molar-refractivity contribution in [2.75, 3.05) is 15.5 Å². The van der Waals surface area contributed by atoms with Gasteiger partial charge < -0.3 is 15.5 Å². The van der Waals surface area contributed by atoms with Crippen molar-refractivity contribution in [2.24, 2.45) is 0 Å². The maximum Gasteiger partial charge on any atom is 0.100 e. The SMILES string of the molecule is C=C1Nc2ccc(N3Cc4ccc(CC)cc4C3C)cc2N1. The van der Waals surface area contributed by atoms with Gasteiger partial charge in [-0.1, -0.05) is 31.7 Å². The van der Waals surface area contributed by atoms with Crippen LogP contribution in [-0.4, -0.2) is 0 Å². The van der Waals surface area contributed by atoms with Gasteiger partial charge in [0.2, 0.25) is 0 Å². The number of anilines is 3. The molecule has 1 unspecified atom stereocenters. The van der Waals surface area contributed by atoms with Crippen molar-refractivity contribution in [1.29, 1.82) is 0 Å². The summed E-state index contributed by atoms with van der Waals surface area (Å²) in [6.45, 7) is 9.41. The van der Waals surface area contributed by atoms with Gasteiger partial charge in [-0.2, -0.15) is 0 Å². The molecule has 4 rings (SSSR count). The van der Waals surface area contributed by atoms with Gasteiger partial charge in [0.05, 0.1) is 17.4 Å². The van der Waals surface area contributed by atoms with Crippen LogP contribution in [0.4, 0.5) is 17.1 Å². The van der Waals surface area contributed by atoms with Gasteiger partial charge in [0, 0.05) is 12.2 Å². The zero-order valence-electron chi connectivity index (χ0n) is 13.1. The Morgan fingerprint density at radius 1 is 1.14 bits per heavy atom. The van der Waals surface area contributed by atoms with Gasteiger partial charge in [-0.05, 0) is 48.2 Å². The second kappa shape index (κ2) is 4.80. The standard InChI is InChI=1S/C19H21N3/c1-4-14-5-6-15-11-22(12(2)17(15)9-14)16-7-8-18-19(10-16)21-13(3)20-18/h5-10,12,20-21H,3-4,11H2,1-2H3. The Balaban J connectivity index is 1.68. The van der Waals surface area contributed by atoms with Gasteiger partial charge in [0.1, 0.15) is 5.82 Å². The van der Waals surface area contributed by atoms with E-state index in [-0.39, 0.29) is 0 Å². The lowest BCUT2D eigenvalue weighted by Gasteiger charge is -2.24. The maximum atomic E-state index is 3.93. The summed E-state index contributed by atoms with van der Waals surface area (Å²) < 4.78 is 0. The minimum absolute atomic E-state index is 0.414. The number of nitrogens with zero attached hydrogens (tertiary/aromatic N) is 1. The first-order valence-corrected chi connectivity index (χ1v) is 7.91. The van der Waals surface area contributed by atoms with E-state index in [0.29, 0.717) is 6.04 Å². The lowest BCUT2D eigenvalue weighted by atomic mass is 10.0. The number of rotatable bonds is 2. The molecule has 3 heteroatoms. The Kier molecular flexibility index (Phi) is 2.89. The van der Waals surface area contributed by atoms with E-state index in [1.165, 1.54) is 22.4 Å². The first-order chi connectivity index (χ1) is 10.7. The zero-order valence-corrected chi connectivity index (χ0v) is 13.1. The maximum absolute atomic E-state index is 3.93. The normalized spacial score (nSPS) is 18.7. The molecular weight excluding hydrogens is 270 g/mol. The minimum Gasteiger partial charge on any atom is -0.360 e. The van der Waals surface area contributed by atoms with Crippen LogP contribution in [0.3, 0.4) is 0 Å². The van der Waals surface area contributed by atoms with Gasteiger partial charge in [0.15, 0.2) is 0 Å². The number of hydrogen-bond donors (Lipinski definition) is 2. The third-order valence-electron chi connectivity index (χ3n) is 4.78. The summed E-state index contributed by atoms with van der Waals surface area (Å²) in [5.74, 6) is 0.845. The number of benzene rings is 2. The third kappa shape index (κ3) is 1.97. The predicted molar refractivity (Wildman–Crippen MR) is 93.2 cm³/mol. The number of hydrogen-bond acceptors (Lipinski definition) is 3. The summed E-state index contributed by atoms with van der Waals surface area (Å²) in [6.07, 6.45) is 1.09. The van der Waals surface area contributed by atoms with E-state index in [4.69, 9.17) is 0 Å². The van der Waals surface area contributed by atoms with Gasteiger partial charge in [-0.15, -0.1) is 0 Å². The minimum atomic E-state index is 0.414. The molecule has 2 aromatic rings. The van der Waals surface area contributed by atoms with Gasteiger partial charge in [-0.3, -0.25) is 0 Å². The predicted octanol–water partition coefficient (Wildman–Crippen LogP) is 4.64. The summed E-state index contributed by atoms with van der Waals surface area (Å²) in [5.41, 5.74) is 7.80. The fraction of sp³-hybridized carbons (Fsp3) is 0.263. The van der Waals surface area contributed by atoms with Crippen molar-refractivity contribution < 1.29 is 0 Å². The smallest absolute Gasteiger partial charge is 0.100 e. The molecule has 0 saturated heterocycles. The molecule has 2 aliphatic rings. The van der Waals surface area contributed by atoms with Crippen molar-refractivity contribution >= 4 is 17.1 Å². The van der Waals surface area contributed by atoms with Gasteiger partial charge in [-0.25, -0.2) is 0 Å². The summed E-state index contributed by atoms with van der Waals surface area (Å²) >= 11 is 0. The van der Waals surface area contributed by atoms with Gasteiger partial charge in [0.25, 0.3) is 0 Å². The van der Waals surface area contributed by atoms with E-state index in [1.54, 1.807) is 0 Å². The molecule has 22 heavy (non-hydrogen) atoms. The molecular formula is C19H21N3. The van der Waals surface area contributed by atoms with Crippen molar-refractivity contribution in [3.8, 4) is 0 Å². The highest BCUT2D eigenvalue weighted by molar-refractivity contribution is 5.82. The molecule has 0 amide bonds. The Bertz CT molecular complexity index is 763. The second-order valence-electron chi connectivity index (χ2n) is 6.15.